The molecule has 0 N–H and O–H groups in total. The zero-order valence-electron chi connectivity index (χ0n) is 21.7. The SMILES string of the molecule is COc1cc(C(SCc2ccccc2)C2=CC3=C(OCO3)C(C)C2C2SCCCS2)cc(OC)c1OC. The number of ether oxygens (including phenoxy) is 5. The Bertz CT molecular complexity index is 1120. The first kappa shape index (κ1) is 26.6. The van der Waals surface area contributed by atoms with Crippen LogP contribution in [0.5, 0.6) is 17.2 Å². The molecule has 37 heavy (non-hydrogen) atoms. The van der Waals surface area contributed by atoms with E-state index < -0.39 is 0 Å². The van der Waals surface area contributed by atoms with Gasteiger partial charge >= 0.3 is 0 Å². The zero-order valence-corrected chi connectivity index (χ0v) is 24.2. The molecule has 0 amide bonds. The molecule has 0 radical (unpaired) electrons. The Labute approximate surface area is 232 Å². The van der Waals surface area contributed by atoms with Crippen LogP contribution in [0.1, 0.15) is 29.7 Å². The van der Waals surface area contributed by atoms with Crippen LogP contribution in [-0.4, -0.2) is 44.2 Å². The second kappa shape index (κ2) is 12.2. The molecule has 2 aliphatic heterocycles. The summed E-state index contributed by atoms with van der Waals surface area (Å²) in [7, 11) is 4.99. The molecule has 1 saturated heterocycles. The Balaban J connectivity index is 1.61. The molecule has 3 atom stereocenters. The Morgan fingerprint density at radius 1 is 0.973 bits per heavy atom. The van der Waals surface area contributed by atoms with Crippen molar-refractivity contribution in [3.8, 4) is 17.2 Å². The third-order valence-electron chi connectivity index (χ3n) is 7.00. The zero-order chi connectivity index (χ0) is 25.8. The van der Waals surface area contributed by atoms with Gasteiger partial charge in [0.2, 0.25) is 12.5 Å². The number of thioether (sulfide) groups is 3. The molecule has 5 rings (SSSR count). The molecule has 0 bridgehead atoms. The fourth-order valence-electron chi connectivity index (χ4n) is 5.21. The first-order valence-electron chi connectivity index (χ1n) is 12.5. The van der Waals surface area contributed by atoms with E-state index in [4.69, 9.17) is 23.7 Å². The molecule has 198 valence electrons. The Morgan fingerprint density at radius 2 is 1.68 bits per heavy atom. The van der Waals surface area contributed by atoms with Crippen LogP contribution in [0.25, 0.3) is 0 Å². The van der Waals surface area contributed by atoms with E-state index in [9.17, 15) is 0 Å². The lowest BCUT2D eigenvalue weighted by molar-refractivity contribution is 0.0654. The first-order chi connectivity index (χ1) is 18.1. The smallest absolute Gasteiger partial charge is 0.230 e. The van der Waals surface area contributed by atoms with Crippen molar-refractivity contribution in [2.75, 3.05) is 39.6 Å². The topological polar surface area (TPSA) is 46.2 Å². The van der Waals surface area contributed by atoms with Gasteiger partial charge in [-0.25, -0.2) is 0 Å². The van der Waals surface area contributed by atoms with Gasteiger partial charge < -0.3 is 23.7 Å². The summed E-state index contributed by atoms with van der Waals surface area (Å²) < 4.78 is 29.6. The van der Waals surface area contributed by atoms with Gasteiger partial charge in [0.1, 0.15) is 5.76 Å². The third kappa shape index (κ3) is 5.57. The largest absolute Gasteiger partial charge is 0.493 e. The van der Waals surface area contributed by atoms with Gasteiger partial charge in [0.05, 0.1) is 31.2 Å². The molecule has 3 unspecified atom stereocenters. The van der Waals surface area contributed by atoms with E-state index in [2.05, 4.69) is 79.0 Å². The molecule has 5 nitrogen and oxygen atoms in total. The predicted octanol–water partition coefficient (Wildman–Crippen LogP) is 7.29. The van der Waals surface area contributed by atoms with E-state index in [0.717, 1.165) is 22.8 Å². The highest BCUT2D eigenvalue weighted by Crippen LogP contribution is 2.55. The number of hydrogen-bond acceptors (Lipinski definition) is 8. The predicted molar refractivity (Wildman–Crippen MR) is 155 cm³/mol. The van der Waals surface area contributed by atoms with Crippen molar-refractivity contribution in [1.82, 2.24) is 0 Å². The first-order valence-corrected chi connectivity index (χ1v) is 15.7. The second-order valence-corrected chi connectivity index (χ2v) is 13.1. The molecular formula is C29H34O5S3. The molecule has 1 fully saturated rings. The van der Waals surface area contributed by atoms with Gasteiger partial charge in [0.15, 0.2) is 17.3 Å². The number of allylic oxidation sites excluding steroid dienone is 2. The van der Waals surface area contributed by atoms with Crippen LogP contribution in [0.15, 0.2) is 65.6 Å². The molecule has 0 saturated carbocycles. The normalized spacial score (nSPS) is 22.4. The lowest BCUT2D eigenvalue weighted by atomic mass is 9.79. The molecule has 1 aliphatic carbocycles. The van der Waals surface area contributed by atoms with E-state index in [1.165, 1.54) is 29.1 Å². The van der Waals surface area contributed by atoms with Crippen LogP contribution in [0.2, 0.25) is 0 Å². The fourth-order valence-corrected chi connectivity index (χ4v) is 9.94. The maximum Gasteiger partial charge on any atom is 0.230 e. The molecular weight excluding hydrogens is 525 g/mol. The maximum atomic E-state index is 5.99. The summed E-state index contributed by atoms with van der Waals surface area (Å²) in [5.74, 6) is 7.67. The van der Waals surface area contributed by atoms with Gasteiger partial charge in [-0.15, -0.1) is 35.3 Å². The quantitative estimate of drug-likeness (QED) is 0.318. The van der Waals surface area contributed by atoms with Crippen molar-refractivity contribution in [2.45, 2.75) is 28.9 Å². The van der Waals surface area contributed by atoms with Crippen LogP contribution in [-0.2, 0) is 15.2 Å². The van der Waals surface area contributed by atoms with E-state index in [1.807, 2.05) is 11.8 Å². The molecule has 0 aromatic heterocycles. The monoisotopic (exact) mass is 558 g/mol. The summed E-state index contributed by atoms with van der Waals surface area (Å²) in [4.78, 5) is 0. The van der Waals surface area contributed by atoms with E-state index >= 15 is 0 Å². The van der Waals surface area contributed by atoms with Gasteiger partial charge in [0, 0.05) is 17.6 Å². The summed E-state index contributed by atoms with van der Waals surface area (Å²) in [6.07, 6.45) is 3.52. The van der Waals surface area contributed by atoms with Crippen LogP contribution < -0.4 is 14.2 Å². The van der Waals surface area contributed by atoms with Crippen molar-refractivity contribution >= 4 is 35.3 Å². The van der Waals surface area contributed by atoms with Crippen LogP contribution in [0, 0.1) is 11.8 Å². The van der Waals surface area contributed by atoms with Crippen molar-refractivity contribution < 1.29 is 23.7 Å². The average molecular weight is 559 g/mol. The second-order valence-electron chi connectivity index (χ2n) is 9.19. The van der Waals surface area contributed by atoms with Gasteiger partial charge in [-0.2, -0.15) is 0 Å². The highest BCUT2D eigenvalue weighted by Gasteiger charge is 2.43. The van der Waals surface area contributed by atoms with Gasteiger partial charge in [-0.05, 0) is 52.8 Å². The Kier molecular flexibility index (Phi) is 8.78. The number of hydrogen-bond donors (Lipinski definition) is 0. The number of methoxy groups -OCH3 is 3. The van der Waals surface area contributed by atoms with E-state index in [1.54, 1.807) is 21.3 Å². The summed E-state index contributed by atoms with van der Waals surface area (Å²) in [6, 6.07) is 14.9. The standard InChI is InChI=1S/C29H34O5S3/c1-18-25(29-35-11-8-12-36-29)21(15-24-26(18)34-17-33-24)28(37-16-19-9-6-5-7-10-19)20-13-22(30-2)27(32-4)23(14-20)31-3/h5-7,9-10,13-15,18,25,28-29H,8,11-12,16-17H2,1-4H3. The summed E-state index contributed by atoms with van der Waals surface area (Å²) in [5, 5.41) is 0.0720. The lowest BCUT2D eigenvalue weighted by Gasteiger charge is -2.39. The molecule has 2 aromatic rings. The summed E-state index contributed by atoms with van der Waals surface area (Å²) in [6.45, 7) is 2.59. The van der Waals surface area contributed by atoms with E-state index in [-0.39, 0.29) is 11.2 Å². The fraction of sp³-hybridized carbons (Fsp3) is 0.448. The van der Waals surface area contributed by atoms with Crippen LogP contribution >= 0.6 is 35.3 Å². The minimum Gasteiger partial charge on any atom is -0.493 e. The summed E-state index contributed by atoms with van der Waals surface area (Å²) in [5.41, 5.74) is 3.80. The minimum atomic E-state index is 0.0720. The van der Waals surface area contributed by atoms with E-state index in [0.29, 0.717) is 34.5 Å². The average Bonchev–Trinajstić information content (AvgIpc) is 3.43. The van der Waals surface area contributed by atoms with Crippen LogP contribution in [0.3, 0.4) is 0 Å². The van der Waals surface area contributed by atoms with Gasteiger partial charge in [0.25, 0.3) is 0 Å². The molecule has 3 aliphatic rings. The van der Waals surface area contributed by atoms with Crippen LogP contribution in [0.4, 0.5) is 0 Å². The van der Waals surface area contributed by atoms with Crippen molar-refractivity contribution in [1.29, 1.82) is 0 Å². The van der Waals surface area contributed by atoms with Gasteiger partial charge in [-0.1, -0.05) is 37.3 Å². The Hall–Kier alpha value is -2.03. The molecule has 8 heteroatoms. The Morgan fingerprint density at radius 3 is 2.32 bits per heavy atom. The third-order valence-corrected chi connectivity index (χ3v) is 11.5. The number of benzene rings is 2. The molecule has 2 heterocycles. The highest BCUT2D eigenvalue weighted by atomic mass is 32.2. The van der Waals surface area contributed by atoms with Crippen molar-refractivity contribution in [3.63, 3.8) is 0 Å². The molecule has 0 spiro atoms. The lowest BCUT2D eigenvalue weighted by Crippen LogP contribution is -2.32. The number of rotatable bonds is 9. The highest BCUT2D eigenvalue weighted by molar-refractivity contribution is 8.17. The van der Waals surface area contributed by atoms with Crippen molar-refractivity contribution in [2.24, 2.45) is 11.8 Å². The van der Waals surface area contributed by atoms with Crippen molar-refractivity contribution in [3.05, 3.63) is 76.8 Å². The molecule has 2 aromatic carbocycles. The maximum absolute atomic E-state index is 5.99. The minimum absolute atomic E-state index is 0.0720. The van der Waals surface area contributed by atoms with Gasteiger partial charge in [-0.3, -0.25) is 0 Å². The summed E-state index contributed by atoms with van der Waals surface area (Å²) >= 11 is 6.10.